The predicted octanol–water partition coefficient (Wildman–Crippen LogP) is 1.37. The van der Waals surface area contributed by atoms with E-state index >= 15 is 0 Å². The number of carbonyl (C=O) groups is 1. The van der Waals surface area contributed by atoms with Gasteiger partial charge in [-0.1, -0.05) is 0 Å². The molecule has 2 heterocycles. The van der Waals surface area contributed by atoms with Crippen LogP contribution in [-0.2, 0) is 16.6 Å². The highest BCUT2D eigenvalue weighted by Crippen LogP contribution is 2.31. The Balaban J connectivity index is 2.17. The summed E-state index contributed by atoms with van der Waals surface area (Å²) in [5, 5.41) is 7.55. The number of nitrogens with one attached hydrogen (secondary N) is 1. The Bertz CT molecular complexity index is 474. The largest absolute Gasteiger partial charge is 0.460 e. The molecule has 1 aromatic rings. The van der Waals surface area contributed by atoms with E-state index in [1.165, 1.54) is 0 Å². The number of hydrogen-bond acceptors (Lipinski definition) is 4. The topological polar surface area (TPSA) is 56.1 Å². The van der Waals surface area contributed by atoms with Gasteiger partial charge in [-0.15, -0.1) is 0 Å². The third kappa shape index (κ3) is 2.97. The lowest BCUT2D eigenvalue weighted by Gasteiger charge is -2.24. The van der Waals surface area contributed by atoms with Crippen LogP contribution in [0.25, 0.3) is 0 Å². The molecule has 0 bridgehead atoms. The summed E-state index contributed by atoms with van der Waals surface area (Å²) in [6, 6.07) is 0. The summed E-state index contributed by atoms with van der Waals surface area (Å²) in [4.78, 5) is 12.3. The lowest BCUT2D eigenvalue weighted by atomic mass is 9.89. The molecule has 1 fully saturated rings. The van der Waals surface area contributed by atoms with Crippen molar-refractivity contribution in [3.8, 4) is 0 Å². The van der Waals surface area contributed by atoms with Crippen molar-refractivity contribution in [1.82, 2.24) is 15.1 Å². The molecule has 5 heteroatoms. The molecule has 0 spiro atoms. The van der Waals surface area contributed by atoms with Crippen LogP contribution in [0.3, 0.4) is 0 Å². The Hall–Kier alpha value is -1.36. The number of esters is 1. The Kier molecular flexibility index (Phi) is 3.67. The van der Waals surface area contributed by atoms with Gasteiger partial charge in [0, 0.05) is 31.7 Å². The molecule has 5 nitrogen and oxygen atoms in total. The fourth-order valence-corrected chi connectivity index (χ4v) is 2.51. The molecule has 1 saturated heterocycles. The minimum atomic E-state index is -0.436. The van der Waals surface area contributed by atoms with E-state index in [4.69, 9.17) is 4.74 Å². The van der Waals surface area contributed by atoms with Gasteiger partial charge in [0.2, 0.25) is 0 Å². The van der Waals surface area contributed by atoms with Crippen LogP contribution >= 0.6 is 0 Å². The monoisotopic (exact) mass is 265 g/mol. The standard InChI is InChI=1S/C14H23N3O2/c1-9-10(8-16-17(9)5)11-6-15-7-12(11)13(18)19-14(2,3)4/h8,11-12,15H,6-7H2,1-5H3/t11-,12+/m0/s1. The fraction of sp³-hybridized carbons (Fsp3) is 0.714. The van der Waals surface area contributed by atoms with Crippen LogP contribution in [0.1, 0.15) is 37.9 Å². The summed E-state index contributed by atoms with van der Waals surface area (Å²) >= 11 is 0. The maximum atomic E-state index is 12.3. The third-order valence-corrected chi connectivity index (χ3v) is 3.60. The molecule has 106 valence electrons. The van der Waals surface area contributed by atoms with Crippen LogP contribution in [-0.4, -0.2) is 34.4 Å². The Morgan fingerprint density at radius 3 is 2.68 bits per heavy atom. The molecule has 1 aromatic heterocycles. The molecule has 0 radical (unpaired) electrons. The molecule has 2 rings (SSSR count). The first-order chi connectivity index (χ1) is 8.79. The van der Waals surface area contributed by atoms with Crippen molar-refractivity contribution in [2.45, 2.75) is 39.2 Å². The van der Waals surface area contributed by atoms with Gasteiger partial charge < -0.3 is 10.1 Å². The molecular weight excluding hydrogens is 242 g/mol. The average Bonchev–Trinajstić information content (AvgIpc) is 2.85. The van der Waals surface area contributed by atoms with Gasteiger partial charge in [-0.3, -0.25) is 9.48 Å². The second-order valence-corrected chi connectivity index (χ2v) is 6.21. The van der Waals surface area contributed by atoms with Gasteiger partial charge in [0.15, 0.2) is 0 Å². The van der Waals surface area contributed by atoms with E-state index in [1.54, 1.807) is 0 Å². The van der Waals surface area contributed by atoms with Gasteiger partial charge >= 0.3 is 5.97 Å². The van der Waals surface area contributed by atoms with E-state index in [0.717, 1.165) is 17.8 Å². The smallest absolute Gasteiger partial charge is 0.311 e. The molecule has 19 heavy (non-hydrogen) atoms. The van der Waals surface area contributed by atoms with E-state index in [2.05, 4.69) is 10.4 Å². The Morgan fingerprint density at radius 2 is 2.16 bits per heavy atom. The van der Waals surface area contributed by atoms with Crippen molar-refractivity contribution in [1.29, 1.82) is 0 Å². The van der Waals surface area contributed by atoms with Crippen molar-refractivity contribution in [3.05, 3.63) is 17.5 Å². The molecule has 0 aromatic carbocycles. The normalized spacial score (nSPS) is 23.6. The van der Waals surface area contributed by atoms with Crippen molar-refractivity contribution in [3.63, 3.8) is 0 Å². The second kappa shape index (κ2) is 4.96. The summed E-state index contributed by atoms with van der Waals surface area (Å²) < 4.78 is 7.36. The van der Waals surface area contributed by atoms with Gasteiger partial charge in [0.05, 0.1) is 12.1 Å². The minimum absolute atomic E-state index is 0.120. The van der Waals surface area contributed by atoms with Crippen LogP contribution in [0.15, 0.2) is 6.20 Å². The maximum absolute atomic E-state index is 12.3. The Morgan fingerprint density at radius 1 is 1.47 bits per heavy atom. The number of aromatic nitrogens is 2. The molecule has 0 aliphatic carbocycles. The lowest BCUT2D eigenvalue weighted by Crippen LogP contribution is -2.31. The van der Waals surface area contributed by atoms with E-state index in [-0.39, 0.29) is 17.8 Å². The third-order valence-electron chi connectivity index (χ3n) is 3.60. The van der Waals surface area contributed by atoms with Gasteiger partial charge in [0.25, 0.3) is 0 Å². The van der Waals surface area contributed by atoms with Crippen LogP contribution in [0, 0.1) is 12.8 Å². The van der Waals surface area contributed by atoms with Crippen molar-refractivity contribution >= 4 is 5.97 Å². The summed E-state index contributed by atoms with van der Waals surface area (Å²) in [5.74, 6) is -0.0866. The number of ether oxygens (including phenoxy) is 1. The van der Waals surface area contributed by atoms with E-state index in [1.807, 2.05) is 45.6 Å². The van der Waals surface area contributed by atoms with Crippen molar-refractivity contribution in [2.75, 3.05) is 13.1 Å². The molecule has 1 aliphatic rings. The average molecular weight is 265 g/mol. The molecular formula is C14H23N3O2. The lowest BCUT2D eigenvalue weighted by molar-refractivity contribution is -0.159. The summed E-state index contributed by atoms with van der Waals surface area (Å²) in [6.07, 6.45) is 1.87. The number of hydrogen-bond donors (Lipinski definition) is 1. The SMILES string of the molecule is Cc1c([C@@H]2CNC[C@H]2C(=O)OC(C)(C)C)cnn1C. The number of carbonyl (C=O) groups excluding carboxylic acids is 1. The zero-order valence-electron chi connectivity index (χ0n) is 12.4. The van der Waals surface area contributed by atoms with E-state index < -0.39 is 5.60 Å². The molecule has 2 atom stereocenters. The fourth-order valence-electron chi connectivity index (χ4n) is 2.51. The van der Waals surface area contributed by atoms with E-state index in [0.29, 0.717) is 6.54 Å². The van der Waals surface area contributed by atoms with Crippen LogP contribution in [0.4, 0.5) is 0 Å². The minimum Gasteiger partial charge on any atom is -0.460 e. The molecule has 1 aliphatic heterocycles. The van der Waals surface area contributed by atoms with Crippen LogP contribution in [0.5, 0.6) is 0 Å². The predicted molar refractivity (Wildman–Crippen MR) is 72.9 cm³/mol. The maximum Gasteiger partial charge on any atom is 0.311 e. The number of nitrogens with zero attached hydrogens (tertiary/aromatic N) is 2. The second-order valence-electron chi connectivity index (χ2n) is 6.21. The van der Waals surface area contributed by atoms with E-state index in [9.17, 15) is 4.79 Å². The summed E-state index contributed by atoms with van der Waals surface area (Å²) in [5.41, 5.74) is 1.82. The van der Waals surface area contributed by atoms with Gasteiger partial charge in [-0.05, 0) is 33.3 Å². The Labute approximate surface area is 114 Å². The highest BCUT2D eigenvalue weighted by atomic mass is 16.6. The number of aryl methyl sites for hydroxylation is 1. The first kappa shape index (κ1) is 14.1. The van der Waals surface area contributed by atoms with Gasteiger partial charge in [-0.2, -0.15) is 5.10 Å². The molecule has 1 N–H and O–H groups in total. The first-order valence-corrected chi connectivity index (χ1v) is 6.71. The first-order valence-electron chi connectivity index (χ1n) is 6.71. The molecule has 0 saturated carbocycles. The molecule has 0 unspecified atom stereocenters. The quantitative estimate of drug-likeness (QED) is 0.821. The van der Waals surface area contributed by atoms with Gasteiger partial charge in [-0.25, -0.2) is 0 Å². The number of rotatable bonds is 2. The van der Waals surface area contributed by atoms with Crippen LogP contribution in [0.2, 0.25) is 0 Å². The molecule has 0 amide bonds. The van der Waals surface area contributed by atoms with Gasteiger partial charge in [0.1, 0.15) is 5.60 Å². The zero-order valence-corrected chi connectivity index (χ0v) is 12.4. The van der Waals surface area contributed by atoms with Crippen LogP contribution < -0.4 is 5.32 Å². The summed E-state index contributed by atoms with van der Waals surface area (Å²) in [7, 11) is 1.92. The zero-order chi connectivity index (χ0) is 14.2. The highest BCUT2D eigenvalue weighted by Gasteiger charge is 2.38. The highest BCUT2D eigenvalue weighted by molar-refractivity contribution is 5.75. The van der Waals surface area contributed by atoms with Crippen molar-refractivity contribution in [2.24, 2.45) is 13.0 Å². The van der Waals surface area contributed by atoms with Crippen molar-refractivity contribution < 1.29 is 9.53 Å². The summed E-state index contributed by atoms with van der Waals surface area (Å²) in [6.45, 7) is 9.21.